The molecule has 3 rings (SSSR count). The van der Waals surface area contributed by atoms with Crippen molar-refractivity contribution in [1.82, 2.24) is 5.43 Å². The van der Waals surface area contributed by atoms with Crippen molar-refractivity contribution in [3.63, 3.8) is 0 Å². The molecule has 7 nitrogen and oxygen atoms in total. The summed E-state index contributed by atoms with van der Waals surface area (Å²) in [6, 6.07) is 11.6. The molecule has 0 atom stereocenters. The van der Waals surface area contributed by atoms with E-state index in [0.717, 1.165) is 20.5 Å². The lowest BCUT2D eigenvalue weighted by atomic mass is 10.2. The van der Waals surface area contributed by atoms with Crippen LogP contribution in [0.25, 0.3) is 10.1 Å². The lowest BCUT2D eigenvalue weighted by molar-refractivity contribution is -0.384. The summed E-state index contributed by atoms with van der Waals surface area (Å²) in [5.41, 5.74) is 3.25. The molecule has 0 saturated heterocycles. The number of benzene rings is 2. The molecule has 144 valence electrons. The van der Waals surface area contributed by atoms with Gasteiger partial charge in [-0.1, -0.05) is 0 Å². The Morgan fingerprint density at radius 3 is 2.75 bits per heavy atom. The number of non-ortho nitro benzene ring substituents is 1. The number of nitrogens with one attached hydrogen (secondary N) is 1. The van der Waals surface area contributed by atoms with Gasteiger partial charge in [-0.3, -0.25) is 14.9 Å². The van der Waals surface area contributed by atoms with Crippen LogP contribution in [0.2, 0.25) is 0 Å². The highest BCUT2D eigenvalue weighted by molar-refractivity contribution is 9.10. The Labute approximate surface area is 173 Å². The van der Waals surface area contributed by atoms with Crippen molar-refractivity contribution in [1.29, 1.82) is 0 Å². The van der Waals surface area contributed by atoms with E-state index in [1.54, 1.807) is 12.1 Å². The molecule has 0 aliphatic carbocycles. The van der Waals surface area contributed by atoms with E-state index in [9.17, 15) is 14.9 Å². The van der Waals surface area contributed by atoms with Crippen molar-refractivity contribution in [2.24, 2.45) is 5.10 Å². The first-order valence-electron chi connectivity index (χ1n) is 8.31. The van der Waals surface area contributed by atoms with E-state index in [0.29, 0.717) is 10.3 Å². The van der Waals surface area contributed by atoms with Crippen LogP contribution < -0.4 is 10.2 Å². The van der Waals surface area contributed by atoms with Crippen LogP contribution >= 0.6 is 27.3 Å². The fraction of sp³-hybridized carbons (Fsp3) is 0.158. The zero-order valence-corrected chi connectivity index (χ0v) is 17.4. The first kappa shape index (κ1) is 20.0. The minimum absolute atomic E-state index is 0.00857. The fourth-order valence-electron chi connectivity index (χ4n) is 2.42. The van der Waals surface area contributed by atoms with Crippen LogP contribution in [0.5, 0.6) is 5.75 Å². The molecule has 9 heteroatoms. The predicted molar refractivity (Wildman–Crippen MR) is 113 cm³/mol. The van der Waals surface area contributed by atoms with E-state index in [2.05, 4.69) is 26.5 Å². The second-order valence-corrected chi connectivity index (χ2v) is 8.08. The Bertz CT molecular complexity index is 1080. The van der Waals surface area contributed by atoms with Crippen LogP contribution in [0.4, 0.5) is 5.69 Å². The van der Waals surface area contributed by atoms with E-state index in [-0.39, 0.29) is 17.7 Å². The molecule has 0 fully saturated rings. The summed E-state index contributed by atoms with van der Waals surface area (Å²) in [5, 5.41) is 15.5. The maximum Gasteiger partial charge on any atom is 0.281 e. The summed E-state index contributed by atoms with van der Waals surface area (Å²) in [4.78, 5) is 23.1. The third kappa shape index (κ3) is 4.73. The Hall–Kier alpha value is -2.78. The third-order valence-corrected chi connectivity index (χ3v) is 5.37. The Kier molecular flexibility index (Phi) is 6.05. The second kappa shape index (κ2) is 8.49. The first-order chi connectivity index (χ1) is 13.3. The van der Waals surface area contributed by atoms with Gasteiger partial charge in [-0.25, -0.2) is 5.43 Å². The summed E-state index contributed by atoms with van der Waals surface area (Å²) >= 11 is 4.70. The number of halogens is 1. The lowest BCUT2D eigenvalue weighted by Crippen LogP contribution is -2.16. The van der Waals surface area contributed by atoms with Crippen molar-refractivity contribution in [3.8, 4) is 5.75 Å². The summed E-state index contributed by atoms with van der Waals surface area (Å²) in [7, 11) is 0. The number of carbonyl (C=O) groups is 1. The number of nitro benzene ring substituents is 1. The number of rotatable bonds is 6. The molecule has 0 radical (unpaired) electrons. The molecule has 1 aromatic heterocycles. The quantitative estimate of drug-likeness (QED) is 0.313. The van der Waals surface area contributed by atoms with Crippen LogP contribution in [0, 0.1) is 10.1 Å². The van der Waals surface area contributed by atoms with E-state index >= 15 is 0 Å². The van der Waals surface area contributed by atoms with Crippen molar-refractivity contribution >= 4 is 55.2 Å². The molecule has 3 aromatic rings. The van der Waals surface area contributed by atoms with Crippen molar-refractivity contribution in [2.75, 3.05) is 0 Å². The normalized spacial score (nSPS) is 11.3. The van der Waals surface area contributed by atoms with Gasteiger partial charge in [0.15, 0.2) is 0 Å². The van der Waals surface area contributed by atoms with Gasteiger partial charge < -0.3 is 4.74 Å². The lowest BCUT2D eigenvalue weighted by Gasteiger charge is -2.11. The molecule has 0 aliphatic rings. The van der Waals surface area contributed by atoms with Crippen molar-refractivity contribution in [2.45, 2.75) is 20.0 Å². The summed E-state index contributed by atoms with van der Waals surface area (Å²) in [6.45, 7) is 3.90. The number of hydrogen-bond donors (Lipinski definition) is 1. The summed E-state index contributed by atoms with van der Waals surface area (Å²) in [6.07, 6.45) is 1.60. The Morgan fingerprint density at radius 2 is 2.07 bits per heavy atom. The topological polar surface area (TPSA) is 93.8 Å². The molecule has 0 aliphatic heterocycles. The van der Waals surface area contributed by atoms with E-state index in [1.807, 2.05) is 32.0 Å². The molecular weight excluding hydrogens is 446 g/mol. The number of nitro groups is 1. The molecule has 1 N–H and O–H groups in total. The number of hydrazone groups is 1. The molecule has 1 amide bonds. The maximum absolute atomic E-state index is 12.3. The number of carbonyl (C=O) groups excluding carboxylic acids is 1. The summed E-state index contributed by atoms with van der Waals surface area (Å²) < 4.78 is 7.24. The number of amides is 1. The van der Waals surface area contributed by atoms with Gasteiger partial charge in [0, 0.05) is 22.2 Å². The zero-order valence-electron chi connectivity index (χ0n) is 15.0. The zero-order chi connectivity index (χ0) is 20.3. The number of hydrogen-bond acceptors (Lipinski definition) is 6. The molecule has 0 unspecified atom stereocenters. The molecule has 2 aromatic carbocycles. The van der Waals surface area contributed by atoms with Crippen molar-refractivity contribution < 1.29 is 14.5 Å². The van der Waals surface area contributed by atoms with Gasteiger partial charge in [-0.15, -0.1) is 11.3 Å². The largest absolute Gasteiger partial charge is 0.490 e. The van der Waals surface area contributed by atoms with Gasteiger partial charge in [-0.2, -0.15) is 5.10 Å². The number of thiophene rings is 1. The first-order valence-corrected chi connectivity index (χ1v) is 9.92. The fourth-order valence-corrected chi connectivity index (χ4v) is 3.85. The highest BCUT2D eigenvalue weighted by Crippen LogP contribution is 2.29. The second-order valence-electron chi connectivity index (χ2n) is 6.15. The monoisotopic (exact) mass is 461 g/mol. The van der Waals surface area contributed by atoms with E-state index in [4.69, 9.17) is 4.74 Å². The minimum Gasteiger partial charge on any atom is -0.490 e. The smallest absolute Gasteiger partial charge is 0.281 e. The molecule has 0 spiro atoms. The van der Waals surface area contributed by atoms with E-state index < -0.39 is 4.92 Å². The number of fused-ring (bicyclic) bond motifs is 1. The maximum atomic E-state index is 12.3. The number of ether oxygens (including phenoxy) is 1. The SMILES string of the molecule is CC(C)Oc1ccc(C=NNC(=O)c2cc3cc([N+](=O)[O-])ccc3s2)cc1Br. The molecular formula is C19H16BrN3O4S. The van der Waals surface area contributed by atoms with Gasteiger partial charge >= 0.3 is 0 Å². The molecule has 1 heterocycles. The van der Waals surface area contributed by atoms with Gasteiger partial charge in [0.25, 0.3) is 11.6 Å². The average Bonchev–Trinajstić information content (AvgIpc) is 3.07. The molecule has 0 saturated carbocycles. The van der Waals surface area contributed by atoms with E-state index in [1.165, 1.54) is 29.7 Å². The standard InChI is InChI=1S/C19H16BrN3O4S/c1-11(2)27-16-5-3-12(7-15(16)20)10-21-22-19(24)18-9-13-8-14(23(25)26)4-6-17(13)28-18/h3-11H,1-2H3,(H,22,24). The van der Waals surface area contributed by atoms with Crippen molar-refractivity contribution in [3.05, 3.63) is 67.5 Å². The van der Waals surface area contributed by atoms with Crippen LogP contribution in [0.15, 0.2) is 52.0 Å². The molecule has 28 heavy (non-hydrogen) atoms. The van der Waals surface area contributed by atoms with Gasteiger partial charge in [0.05, 0.1) is 26.6 Å². The third-order valence-electron chi connectivity index (χ3n) is 3.63. The minimum atomic E-state index is -0.462. The van der Waals surface area contributed by atoms with Crippen LogP contribution in [-0.4, -0.2) is 23.1 Å². The molecule has 0 bridgehead atoms. The van der Waals surface area contributed by atoms with Crippen LogP contribution in [-0.2, 0) is 0 Å². The Morgan fingerprint density at radius 1 is 1.29 bits per heavy atom. The van der Waals surface area contributed by atoms with Gasteiger partial charge in [0.1, 0.15) is 5.75 Å². The Balaban J connectivity index is 1.69. The highest BCUT2D eigenvalue weighted by Gasteiger charge is 2.13. The highest BCUT2D eigenvalue weighted by atomic mass is 79.9. The van der Waals surface area contributed by atoms with Crippen LogP contribution in [0.3, 0.4) is 0 Å². The number of nitrogens with zero attached hydrogens (tertiary/aromatic N) is 2. The average molecular weight is 462 g/mol. The van der Waals surface area contributed by atoms with Gasteiger partial charge in [-0.05, 0) is 65.7 Å². The van der Waals surface area contributed by atoms with Gasteiger partial charge in [0.2, 0.25) is 0 Å². The van der Waals surface area contributed by atoms with Crippen LogP contribution in [0.1, 0.15) is 29.1 Å². The summed E-state index contributed by atoms with van der Waals surface area (Å²) in [5.74, 6) is 0.356. The predicted octanol–water partition coefficient (Wildman–Crippen LogP) is 5.12.